The van der Waals surface area contributed by atoms with Crippen LogP contribution in [-0.4, -0.2) is 17.2 Å². The molecule has 0 atom stereocenters. The summed E-state index contributed by atoms with van der Waals surface area (Å²) >= 11 is 6.06. The summed E-state index contributed by atoms with van der Waals surface area (Å²) in [7, 11) is 0. The van der Waals surface area contributed by atoms with Crippen molar-refractivity contribution in [2.75, 3.05) is 4.90 Å². The van der Waals surface area contributed by atoms with Gasteiger partial charge in [0.25, 0.3) is 0 Å². The van der Waals surface area contributed by atoms with E-state index in [-0.39, 0.29) is 17.8 Å². The summed E-state index contributed by atoms with van der Waals surface area (Å²) in [6, 6.07) is 22.1. The molecule has 3 rings (SSSR count). The molecule has 5 nitrogen and oxygen atoms in total. The van der Waals surface area contributed by atoms with Crippen molar-refractivity contribution in [3.8, 4) is 5.75 Å². The Morgan fingerprint density at radius 3 is 2.19 bits per heavy atom. The van der Waals surface area contributed by atoms with E-state index < -0.39 is 12.1 Å². The zero-order valence-electron chi connectivity index (χ0n) is 14.2. The molecule has 0 aliphatic carbocycles. The first kappa shape index (κ1) is 18.5. The lowest BCUT2D eigenvalue weighted by atomic mass is 10.1. The molecule has 0 fully saturated rings. The number of amides is 1. The number of halogens is 1. The zero-order chi connectivity index (χ0) is 19.2. The molecule has 0 saturated heterocycles. The van der Waals surface area contributed by atoms with Gasteiger partial charge < -0.3 is 9.84 Å². The van der Waals surface area contributed by atoms with E-state index in [1.807, 2.05) is 30.3 Å². The Morgan fingerprint density at radius 1 is 0.926 bits per heavy atom. The topological polar surface area (TPSA) is 66.8 Å². The Hall–Kier alpha value is -3.31. The summed E-state index contributed by atoms with van der Waals surface area (Å²) in [4.78, 5) is 25.8. The molecule has 0 unspecified atom stereocenters. The van der Waals surface area contributed by atoms with E-state index in [2.05, 4.69) is 0 Å². The van der Waals surface area contributed by atoms with Crippen LogP contribution >= 0.6 is 11.6 Å². The number of carboxylic acids is 1. The van der Waals surface area contributed by atoms with Crippen molar-refractivity contribution in [3.05, 3.63) is 95.0 Å². The van der Waals surface area contributed by atoms with Crippen molar-refractivity contribution < 1.29 is 19.4 Å². The summed E-state index contributed by atoms with van der Waals surface area (Å²) in [6.45, 7) is 0.132. The largest absolute Gasteiger partial charge is 0.478 e. The van der Waals surface area contributed by atoms with Gasteiger partial charge in [-0.05, 0) is 35.9 Å². The van der Waals surface area contributed by atoms with Crippen LogP contribution in [0.5, 0.6) is 5.75 Å². The number of para-hydroxylation sites is 1. The van der Waals surface area contributed by atoms with E-state index in [9.17, 15) is 14.7 Å². The molecule has 0 aliphatic rings. The number of anilines is 1. The molecule has 3 aromatic rings. The Kier molecular flexibility index (Phi) is 5.74. The van der Waals surface area contributed by atoms with E-state index in [1.54, 1.807) is 30.3 Å². The van der Waals surface area contributed by atoms with Gasteiger partial charge in [0, 0.05) is 5.02 Å². The maximum absolute atomic E-state index is 12.9. The van der Waals surface area contributed by atoms with Crippen LogP contribution in [0.3, 0.4) is 0 Å². The van der Waals surface area contributed by atoms with Gasteiger partial charge in [0.15, 0.2) is 0 Å². The second-order valence-corrected chi connectivity index (χ2v) is 6.16. The van der Waals surface area contributed by atoms with Crippen molar-refractivity contribution >= 4 is 29.4 Å². The van der Waals surface area contributed by atoms with Crippen LogP contribution in [0.15, 0.2) is 78.9 Å². The molecule has 3 aromatic carbocycles. The number of aromatic carboxylic acids is 1. The molecule has 27 heavy (non-hydrogen) atoms. The molecule has 0 aliphatic heterocycles. The Bertz CT molecular complexity index is 945. The number of carbonyl (C=O) groups excluding carboxylic acids is 1. The summed E-state index contributed by atoms with van der Waals surface area (Å²) in [6.07, 6.45) is -0.699. The first-order valence-electron chi connectivity index (χ1n) is 8.16. The van der Waals surface area contributed by atoms with Crippen LogP contribution in [0.2, 0.25) is 5.02 Å². The molecule has 0 aromatic heterocycles. The second-order valence-electron chi connectivity index (χ2n) is 5.72. The van der Waals surface area contributed by atoms with E-state index in [0.29, 0.717) is 10.8 Å². The van der Waals surface area contributed by atoms with Crippen molar-refractivity contribution in [1.29, 1.82) is 0 Å². The van der Waals surface area contributed by atoms with Crippen LogP contribution in [-0.2, 0) is 6.54 Å². The SMILES string of the molecule is O=C(O)c1ccc(Cl)cc1N(Cc1ccccc1)C(=O)Oc1ccccc1. The molecule has 0 heterocycles. The third-order valence-corrected chi connectivity index (χ3v) is 4.07. The maximum Gasteiger partial charge on any atom is 0.420 e. The van der Waals surface area contributed by atoms with E-state index >= 15 is 0 Å². The number of hydrogen-bond acceptors (Lipinski definition) is 3. The fourth-order valence-corrected chi connectivity index (χ4v) is 2.73. The lowest BCUT2D eigenvalue weighted by Gasteiger charge is -2.24. The highest BCUT2D eigenvalue weighted by atomic mass is 35.5. The lowest BCUT2D eigenvalue weighted by Crippen LogP contribution is -2.34. The highest BCUT2D eigenvalue weighted by molar-refractivity contribution is 6.31. The van der Waals surface area contributed by atoms with Crippen LogP contribution in [0.4, 0.5) is 10.5 Å². The monoisotopic (exact) mass is 381 g/mol. The number of nitrogens with zero attached hydrogens (tertiary/aromatic N) is 1. The summed E-state index contributed by atoms with van der Waals surface area (Å²) in [5.41, 5.74) is 0.943. The highest BCUT2D eigenvalue weighted by Crippen LogP contribution is 2.28. The molecule has 6 heteroatoms. The third-order valence-electron chi connectivity index (χ3n) is 3.83. The quantitative estimate of drug-likeness (QED) is 0.656. The fraction of sp³-hybridized carbons (Fsp3) is 0.0476. The first-order chi connectivity index (χ1) is 13.0. The molecule has 0 bridgehead atoms. The van der Waals surface area contributed by atoms with Crippen LogP contribution < -0.4 is 9.64 Å². The van der Waals surface area contributed by atoms with E-state index in [0.717, 1.165) is 5.56 Å². The van der Waals surface area contributed by atoms with Crippen molar-refractivity contribution in [1.82, 2.24) is 0 Å². The fourth-order valence-electron chi connectivity index (χ4n) is 2.57. The van der Waals surface area contributed by atoms with E-state index in [4.69, 9.17) is 16.3 Å². The van der Waals surface area contributed by atoms with Gasteiger partial charge in [0.2, 0.25) is 0 Å². The van der Waals surface area contributed by atoms with Gasteiger partial charge in [-0.2, -0.15) is 0 Å². The van der Waals surface area contributed by atoms with Gasteiger partial charge in [-0.1, -0.05) is 60.1 Å². The average molecular weight is 382 g/mol. The van der Waals surface area contributed by atoms with Gasteiger partial charge >= 0.3 is 12.1 Å². The number of hydrogen-bond donors (Lipinski definition) is 1. The smallest absolute Gasteiger partial charge is 0.420 e. The predicted octanol–water partition coefficient (Wildman–Crippen LogP) is 5.24. The molecule has 136 valence electrons. The maximum atomic E-state index is 12.9. The zero-order valence-corrected chi connectivity index (χ0v) is 15.0. The summed E-state index contributed by atoms with van der Waals surface area (Å²) in [5.74, 6) is -0.799. The summed E-state index contributed by atoms with van der Waals surface area (Å²) in [5, 5.41) is 9.84. The highest BCUT2D eigenvalue weighted by Gasteiger charge is 2.24. The van der Waals surface area contributed by atoms with Gasteiger partial charge in [0.1, 0.15) is 5.75 Å². The number of carboxylic acid groups (broad SMARTS) is 1. The lowest BCUT2D eigenvalue weighted by molar-refractivity contribution is 0.0697. The van der Waals surface area contributed by atoms with E-state index in [1.165, 1.54) is 23.1 Å². The number of benzene rings is 3. The second kappa shape index (κ2) is 8.38. The van der Waals surface area contributed by atoms with Crippen LogP contribution in [0, 0.1) is 0 Å². The van der Waals surface area contributed by atoms with Gasteiger partial charge in [-0.15, -0.1) is 0 Å². The first-order valence-corrected chi connectivity index (χ1v) is 8.53. The van der Waals surface area contributed by atoms with Crippen molar-refractivity contribution in [2.45, 2.75) is 6.54 Å². The van der Waals surface area contributed by atoms with Crippen molar-refractivity contribution in [2.24, 2.45) is 0 Å². The Balaban J connectivity index is 2.01. The van der Waals surface area contributed by atoms with Gasteiger partial charge in [0.05, 0.1) is 17.8 Å². The average Bonchev–Trinajstić information content (AvgIpc) is 2.67. The Labute approximate surface area is 161 Å². The van der Waals surface area contributed by atoms with Gasteiger partial charge in [-0.25, -0.2) is 9.59 Å². The van der Waals surface area contributed by atoms with Crippen molar-refractivity contribution in [3.63, 3.8) is 0 Å². The minimum absolute atomic E-state index is 0.0413. The third kappa shape index (κ3) is 4.65. The minimum Gasteiger partial charge on any atom is -0.478 e. The molecular weight excluding hydrogens is 366 g/mol. The number of ether oxygens (including phenoxy) is 1. The Morgan fingerprint density at radius 2 is 1.56 bits per heavy atom. The number of rotatable bonds is 5. The standard InChI is InChI=1S/C21H16ClNO4/c22-16-11-12-18(20(24)25)19(13-16)23(14-15-7-3-1-4-8-15)21(26)27-17-9-5-2-6-10-17/h1-13H,14H2,(H,24,25). The molecule has 1 N–H and O–H groups in total. The van der Waals surface area contributed by atoms with Crippen LogP contribution in [0.1, 0.15) is 15.9 Å². The summed E-state index contributed by atoms with van der Waals surface area (Å²) < 4.78 is 5.43. The minimum atomic E-state index is -1.16. The normalized spacial score (nSPS) is 10.3. The van der Waals surface area contributed by atoms with Crippen LogP contribution in [0.25, 0.3) is 0 Å². The molecule has 0 spiro atoms. The molecule has 0 saturated carbocycles. The molecular formula is C21H16ClNO4. The molecule has 1 amide bonds. The predicted molar refractivity (Wildman–Crippen MR) is 104 cm³/mol. The number of carbonyl (C=O) groups is 2. The van der Waals surface area contributed by atoms with Gasteiger partial charge in [-0.3, -0.25) is 4.90 Å². The molecule has 0 radical (unpaired) electrons.